The van der Waals surface area contributed by atoms with Crippen LogP contribution in [0.15, 0.2) is 30.3 Å². The lowest BCUT2D eigenvalue weighted by molar-refractivity contribution is -0.131. The van der Waals surface area contributed by atoms with E-state index in [9.17, 15) is 4.79 Å². The van der Waals surface area contributed by atoms with Crippen LogP contribution in [0.4, 0.5) is 0 Å². The average Bonchev–Trinajstić information content (AvgIpc) is 2.28. The number of hydrogen-bond donors (Lipinski definition) is 2. The second-order valence-corrected chi connectivity index (χ2v) is 3.83. The molecule has 1 atom stereocenters. The third-order valence-electron chi connectivity index (χ3n) is 2.15. The first-order valence-electron chi connectivity index (χ1n) is 4.80. The Morgan fingerprint density at radius 1 is 1.47 bits per heavy atom. The summed E-state index contributed by atoms with van der Waals surface area (Å²) in [6.45, 7) is 0.584. The van der Waals surface area contributed by atoms with Gasteiger partial charge in [0.15, 0.2) is 0 Å². The van der Waals surface area contributed by atoms with Crippen molar-refractivity contribution in [1.29, 1.82) is 0 Å². The molecular weight excluding hydrogens is 208 g/mol. The monoisotopic (exact) mass is 224 g/mol. The first-order valence-corrected chi connectivity index (χ1v) is 5.43. The Bertz CT molecular complexity index is 316. The summed E-state index contributed by atoms with van der Waals surface area (Å²) in [7, 11) is 1.75. The van der Waals surface area contributed by atoms with E-state index < -0.39 is 6.04 Å². The number of rotatable bonds is 4. The molecule has 0 aromatic heterocycles. The van der Waals surface area contributed by atoms with Crippen LogP contribution in [-0.2, 0) is 11.3 Å². The number of thiol groups is 1. The first-order chi connectivity index (χ1) is 7.15. The van der Waals surface area contributed by atoms with E-state index in [1.165, 1.54) is 0 Å². The van der Waals surface area contributed by atoms with Crippen molar-refractivity contribution in [2.75, 3.05) is 12.8 Å². The zero-order valence-corrected chi connectivity index (χ0v) is 9.65. The van der Waals surface area contributed by atoms with Crippen molar-refractivity contribution < 1.29 is 4.79 Å². The normalized spacial score (nSPS) is 12.2. The Kier molecular flexibility index (Phi) is 4.65. The van der Waals surface area contributed by atoms with Gasteiger partial charge in [0.1, 0.15) is 0 Å². The highest BCUT2D eigenvalue weighted by atomic mass is 32.1. The molecule has 0 saturated carbocycles. The largest absolute Gasteiger partial charge is 0.340 e. The number of likely N-dealkylation sites (N-methyl/N-ethyl adjacent to an activating group) is 1. The Labute approximate surface area is 95.7 Å². The van der Waals surface area contributed by atoms with Crippen molar-refractivity contribution in [2.24, 2.45) is 5.73 Å². The third-order valence-corrected chi connectivity index (χ3v) is 2.55. The third kappa shape index (κ3) is 3.57. The molecule has 1 rings (SSSR count). The van der Waals surface area contributed by atoms with Gasteiger partial charge in [0.2, 0.25) is 5.91 Å². The second-order valence-electron chi connectivity index (χ2n) is 3.47. The van der Waals surface area contributed by atoms with Gasteiger partial charge < -0.3 is 10.6 Å². The maximum Gasteiger partial charge on any atom is 0.240 e. The number of amides is 1. The van der Waals surface area contributed by atoms with E-state index in [-0.39, 0.29) is 5.91 Å². The predicted octanol–water partition coefficient (Wildman–Crippen LogP) is 0.902. The number of carbonyl (C=O) groups excluding carboxylic acids is 1. The predicted molar refractivity (Wildman–Crippen MR) is 64.7 cm³/mol. The molecule has 0 fully saturated rings. The smallest absolute Gasteiger partial charge is 0.240 e. The van der Waals surface area contributed by atoms with Crippen LogP contribution in [0.3, 0.4) is 0 Å². The van der Waals surface area contributed by atoms with E-state index in [2.05, 4.69) is 12.6 Å². The fourth-order valence-electron chi connectivity index (χ4n) is 1.30. The summed E-state index contributed by atoms with van der Waals surface area (Å²) < 4.78 is 0. The fourth-order valence-corrected chi connectivity index (χ4v) is 1.45. The molecule has 0 aliphatic rings. The molecule has 0 radical (unpaired) electrons. The lowest BCUT2D eigenvalue weighted by Gasteiger charge is -2.20. The molecule has 0 saturated heterocycles. The van der Waals surface area contributed by atoms with E-state index in [1.807, 2.05) is 30.3 Å². The van der Waals surface area contributed by atoms with E-state index in [0.29, 0.717) is 12.3 Å². The summed E-state index contributed by atoms with van der Waals surface area (Å²) in [5.74, 6) is 0.298. The van der Waals surface area contributed by atoms with Gasteiger partial charge in [-0.3, -0.25) is 4.79 Å². The number of carbonyl (C=O) groups is 1. The fraction of sp³-hybridized carbons (Fsp3) is 0.364. The van der Waals surface area contributed by atoms with E-state index in [1.54, 1.807) is 11.9 Å². The number of nitrogens with two attached hydrogens (primary N) is 1. The highest BCUT2D eigenvalue weighted by molar-refractivity contribution is 7.80. The van der Waals surface area contributed by atoms with Crippen LogP contribution in [0, 0.1) is 0 Å². The molecule has 0 bridgehead atoms. The Morgan fingerprint density at radius 2 is 2.07 bits per heavy atom. The minimum absolute atomic E-state index is 0.0751. The highest BCUT2D eigenvalue weighted by Gasteiger charge is 2.16. The quantitative estimate of drug-likeness (QED) is 0.747. The minimum atomic E-state index is -0.512. The molecule has 0 spiro atoms. The standard InChI is InChI=1S/C11H16N2OS/c1-13(11(14)10(12)8-15)7-9-5-3-2-4-6-9/h2-6,10,15H,7-8,12H2,1H3. The molecule has 1 aromatic carbocycles. The Hall–Kier alpha value is -1.00. The number of nitrogens with zero attached hydrogens (tertiary/aromatic N) is 1. The summed E-state index contributed by atoms with van der Waals surface area (Å²) in [5, 5.41) is 0. The molecular formula is C11H16N2OS. The van der Waals surface area contributed by atoms with Crippen molar-refractivity contribution in [3.05, 3.63) is 35.9 Å². The zero-order chi connectivity index (χ0) is 11.3. The van der Waals surface area contributed by atoms with Gasteiger partial charge in [-0.05, 0) is 5.56 Å². The van der Waals surface area contributed by atoms with Crippen LogP contribution in [0.5, 0.6) is 0 Å². The molecule has 0 heterocycles. The van der Waals surface area contributed by atoms with Crippen molar-refractivity contribution in [3.8, 4) is 0 Å². The topological polar surface area (TPSA) is 46.3 Å². The summed E-state index contributed by atoms with van der Waals surface area (Å²) in [6, 6.07) is 9.30. The molecule has 4 heteroatoms. The summed E-state index contributed by atoms with van der Waals surface area (Å²) >= 11 is 4.00. The van der Waals surface area contributed by atoms with Crippen LogP contribution in [0.1, 0.15) is 5.56 Å². The Balaban J connectivity index is 2.56. The van der Waals surface area contributed by atoms with E-state index in [0.717, 1.165) is 5.56 Å². The van der Waals surface area contributed by atoms with Gasteiger partial charge in [0, 0.05) is 19.3 Å². The lowest BCUT2D eigenvalue weighted by atomic mass is 10.2. The van der Waals surface area contributed by atoms with Crippen LogP contribution in [0.2, 0.25) is 0 Å². The zero-order valence-electron chi connectivity index (χ0n) is 8.76. The maximum atomic E-state index is 11.6. The van der Waals surface area contributed by atoms with Crippen LogP contribution in [0.25, 0.3) is 0 Å². The van der Waals surface area contributed by atoms with Gasteiger partial charge in [-0.25, -0.2) is 0 Å². The highest BCUT2D eigenvalue weighted by Crippen LogP contribution is 2.03. The van der Waals surface area contributed by atoms with Crippen LogP contribution >= 0.6 is 12.6 Å². The van der Waals surface area contributed by atoms with Crippen molar-refractivity contribution in [3.63, 3.8) is 0 Å². The molecule has 1 amide bonds. The van der Waals surface area contributed by atoms with Crippen molar-refractivity contribution >= 4 is 18.5 Å². The van der Waals surface area contributed by atoms with E-state index >= 15 is 0 Å². The van der Waals surface area contributed by atoms with Gasteiger partial charge in [0.05, 0.1) is 6.04 Å². The summed E-state index contributed by atoms with van der Waals surface area (Å²) in [6.07, 6.45) is 0. The maximum absolute atomic E-state index is 11.6. The minimum Gasteiger partial charge on any atom is -0.340 e. The molecule has 3 nitrogen and oxygen atoms in total. The van der Waals surface area contributed by atoms with Crippen LogP contribution in [-0.4, -0.2) is 29.6 Å². The molecule has 82 valence electrons. The lowest BCUT2D eigenvalue weighted by Crippen LogP contribution is -2.42. The van der Waals surface area contributed by atoms with Gasteiger partial charge >= 0.3 is 0 Å². The average molecular weight is 224 g/mol. The Morgan fingerprint density at radius 3 is 2.60 bits per heavy atom. The van der Waals surface area contributed by atoms with Gasteiger partial charge in [-0.2, -0.15) is 12.6 Å². The molecule has 1 unspecified atom stereocenters. The van der Waals surface area contributed by atoms with Crippen molar-refractivity contribution in [2.45, 2.75) is 12.6 Å². The molecule has 1 aromatic rings. The summed E-state index contributed by atoms with van der Waals surface area (Å²) in [5.41, 5.74) is 6.70. The van der Waals surface area contributed by atoms with Gasteiger partial charge in [-0.15, -0.1) is 0 Å². The molecule has 2 N–H and O–H groups in total. The molecule has 15 heavy (non-hydrogen) atoms. The van der Waals surface area contributed by atoms with Crippen molar-refractivity contribution in [1.82, 2.24) is 4.90 Å². The number of benzene rings is 1. The second kappa shape index (κ2) is 5.78. The number of hydrogen-bond acceptors (Lipinski definition) is 3. The molecule has 0 aliphatic heterocycles. The van der Waals surface area contributed by atoms with Gasteiger partial charge in [0.25, 0.3) is 0 Å². The summed E-state index contributed by atoms with van der Waals surface area (Å²) in [4.78, 5) is 13.3. The SMILES string of the molecule is CN(Cc1ccccc1)C(=O)C(N)CS. The molecule has 0 aliphatic carbocycles. The van der Waals surface area contributed by atoms with E-state index in [4.69, 9.17) is 5.73 Å². The van der Waals surface area contributed by atoms with Gasteiger partial charge in [-0.1, -0.05) is 30.3 Å². The van der Waals surface area contributed by atoms with Crippen LogP contribution < -0.4 is 5.73 Å². The first kappa shape index (κ1) is 12.1.